The number of benzene rings is 1. The number of hydrogen-bond donors (Lipinski definition) is 0. The first kappa shape index (κ1) is 14.2. The van der Waals surface area contributed by atoms with Crippen LogP contribution in [-0.4, -0.2) is 25.2 Å². The maximum absolute atomic E-state index is 4.33. The van der Waals surface area contributed by atoms with E-state index in [0.29, 0.717) is 11.7 Å². The summed E-state index contributed by atoms with van der Waals surface area (Å²) in [5.41, 5.74) is 1.14. The van der Waals surface area contributed by atoms with Gasteiger partial charge in [0.1, 0.15) is 8.39 Å². The Hall–Kier alpha value is -0.770. The van der Waals surface area contributed by atoms with Crippen LogP contribution in [0.25, 0.3) is 0 Å². The van der Waals surface area contributed by atoms with E-state index in [0.717, 1.165) is 18.3 Å². The maximum atomic E-state index is 4.33. The molecular formula is C11H7Br2N5S2. The van der Waals surface area contributed by atoms with Crippen LogP contribution < -0.4 is 0 Å². The van der Waals surface area contributed by atoms with Crippen LogP contribution >= 0.6 is 55.0 Å². The summed E-state index contributed by atoms with van der Waals surface area (Å²) in [4.78, 5) is 5.91. The fraction of sp³-hybridized carbons (Fsp3) is 0.0909. The molecule has 3 aromatic rings. The molecule has 0 amide bonds. The van der Waals surface area contributed by atoms with Crippen LogP contribution in [0.4, 0.5) is 0 Å². The fourth-order valence-corrected chi connectivity index (χ4v) is 4.56. The molecule has 0 aliphatic heterocycles. The van der Waals surface area contributed by atoms with Gasteiger partial charge in [0.25, 0.3) is 0 Å². The fourth-order valence-electron chi connectivity index (χ4n) is 1.47. The molecule has 3 rings (SSSR count). The zero-order chi connectivity index (χ0) is 13.9. The van der Waals surface area contributed by atoms with Crippen LogP contribution in [0.15, 0.2) is 48.2 Å². The van der Waals surface area contributed by atoms with Crippen molar-refractivity contribution in [2.24, 2.45) is 0 Å². The van der Waals surface area contributed by atoms with Crippen LogP contribution in [0.3, 0.4) is 0 Å². The Morgan fingerprint density at radius 2 is 2.00 bits per heavy atom. The van der Waals surface area contributed by atoms with Crippen LogP contribution in [0.2, 0.25) is 0 Å². The third kappa shape index (κ3) is 3.46. The summed E-state index contributed by atoms with van der Waals surface area (Å²) in [7, 11) is 0. The van der Waals surface area contributed by atoms with Gasteiger partial charge in [-0.3, -0.25) is 0 Å². The Morgan fingerprint density at radius 3 is 2.70 bits per heavy atom. The van der Waals surface area contributed by atoms with Gasteiger partial charge in [-0.05, 0) is 54.4 Å². The minimum atomic E-state index is 0.592. The highest BCUT2D eigenvalue weighted by molar-refractivity contribution is 9.13. The van der Waals surface area contributed by atoms with Crippen molar-refractivity contribution < 1.29 is 0 Å². The molecule has 0 unspecified atom stereocenters. The number of rotatable bonds is 4. The lowest BCUT2D eigenvalue weighted by Crippen LogP contribution is -2.03. The van der Waals surface area contributed by atoms with E-state index in [4.69, 9.17) is 0 Å². The minimum Gasteiger partial charge on any atom is -0.221 e. The summed E-state index contributed by atoms with van der Waals surface area (Å²) in [5, 5.41) is 13.0. The van der Waals surface area contributed by atoms with Crippen LogP contribution in [0.5, 0.6) is 0 Å². The van der Waals surface area contributed by atoms with Crippen LogP contribution in [-0.2, 0) is 6.54 Å². The molecule has 2 heterocycles. The number of hydrogen-bond acceptors (Lipinski definition) is 6. The third-order valence-corrected chi connectivity index (χ3v) is 6.29. The molecule has 9 heteroatoms. The monoisotopic (exact) mass is 431 g/mol. The standard InChI is InChI=1S/C11H7Br2N5S2/c12-8-9(13)19-11(14-8)20-10-15-17-18(16-10)6-7-4-2-1-3-5-7/h1-5H,6H2. The summed E-state index contributed by atoms with van der Waals surface area (Å²) in [5.74, 6) is 0. The maximum Gasteiger partial charge on any atom is 0.238 e. The molecule has 0 fully saturated rings. The lowest BCUT2D eigenvalue weighted by molar-refractivity contribution is 0.569. The summed E-state index contributed by atoms with van der Waals surface area (Å²) in [6.07, 6.45) is 0. The lowest BCUT2D eigenvalue weighted by Gasteiger charge is -1.97. The molecule has 0 saturated carbocycles. The van der Waals surface area contributed by atoms with E-state index in [2.05, 4.69) is 52.3 Å². The van der Waals surface area contributed by atoms with E-state index in [1.54, 1.807) is 4.80 Å². The highest BCUT2D eigenvalue weighted by Gasteiger charge is 2.11. The van der Waals surface area contributed by atoms with E-state index in [9.17, 15) is 0 Å². The van der Waals surface area contributed by atoms with Crippen molar-refractivity contribution in [3.63, 3.8) is 0 Å². The number of nitrogens with zero attached hydrogens (tertiary/aromatic N) is 5. The van der Waals surface area contributed by atoms with Gasteiger partial charge >= 0.3 is 0 Å². The molecule has 102 valence electrons. The Labute approximate surface area is 140 Å². The van der Waals surface area contributed by atoms with Gasteiger partial charge in [0, 0.05) is 0 Å². The molecule has 0 spiro atoms. The highest BCUT2D eigenvalue weighted by atomic mass is 79.9. The van der Waals surface area contributed by atoms with E-state index in [1.165, 1.54) is 23.1 Å². The zero-order valence-corrected chi connectivity index (χ0v) is 14.7. The molecule has 0 saturated heterocycles. The van der Waals surface area contributed by atoms with Crippen LogP contribution in [0.1, 0.15) is 5.56 Å². The van der Waals surface area contributed by atoms with E-state index in [1.807, 2.05) is 30.3 Å². The van der Waals surface area contributed by atoms with E-state index in [-0.39, 0.29) is 0 Å². The predicted octanol–water partition coefficient (Wildman–Crippen LogP) is 3.85. The molecule has 0 aliphatic carbocycles. The SMILES string of the molecule is Brc1nc(Sc2nnn(Cc3ccccc3)n2)sc1Br. The van der Waals surface area contributed by atoms with Crippen molar-refractivity contribution in [3.05, 3.63) is 44.3 Å². The van der Waals surface area contributed by atoms with E-state index < -0.39 is 0 Å². The largest absolute Gasteiger partial charge is 0.238 e. The summed E-state index contributed by atoms with van der Waals surface area (Å²) < 4.78 is 2.61. The summed E-state index contributed by atoms with van der Waals surface area (Å²) in [6, 6.07) is 10.0. The molecule has 2 aromatic heterocycles. The quantitative estimate of drug-likeness (QED) is 0.626. The van der Waals surface area contributed by atoms with Gasteiger partial charge in [0.2, 0.25) is 5.16 Å². The first-order valence-corrected chi connectivity index (χ1v) is 8.74. The van der Waals surface area contributed by atoms with E-state index >= 15 is 0 Å². The van der Waals surface area contributed by atoms with Crippen molar-refractivity contribution in [2.75, 3.05) is 0 Å². The molecule has 0 N–H and O–H groups in total. The molecule has 20 heavy (non-hydrogen) atoms. The molecule has 1 aromatic carbocycles. The topological polar surface area (TPSA) is 56.5 Å². The number of aromatic nitrogens is 5. The van der Waals surface area contributed by atoms with Gasteiger partial charge < -0.3 is 0 Å². The number of thiazole rings is 1. The van der Waals surface area contributed by atoms with Crippen molar-refractivity contribution in [3.8, 4) is 0 Å². The van der Waals surface area contributed by atoms with Gasteiger partial charge in [-0.1, -0.05) is 41.7 Å². The first-order valence-electron chi connectivity index (χ1n) is 5.52. The molecule has 0 bridgehead atoms. The average molecular weight is 433 g/mol. The van der Waals surface area contributed by atoms with Gasteiger partial charge in [0.05, 0.1) is 6.54 Å². The second-order valence-corrected chi connectivity index (χ2v) is 8.02. The predicted molar refractivity (Wildman–Crippen MR) is 85.0 cm³/mol. The number of tetrazole rings is 1. The molecule has 0 radical (unpaired) electrons. The second-order valence-electron chi connectivity index (χ2n) is 3.73. The summed E-state index contributed by atoms with van der Waals surface area (Å²) >= 11 is 9.69. The second kappa shape index (κ2) is 6.33. The minimum absolute atomic E-state index is 0.592. The molecule has 0 aliphatic rings. The van der Waals surface area contributed by atoms with Crippen LogP contribution in [0, 0.1) is 0 Å². The normalized spacial score (nSPS) is 10.9. The van der Waals surface area contributed by atoms with Gasteiger partial charge in [-0.15, -0.1) is 10.2 Å². The smallest absolute Gasteiger partial charge is 0.221 e. The zero-order valence-electron chi connectivity index (χ0n) is 9.90. The van der Waals surface area contributed by atoms with Gasteiger partial charge in [0.15, 0.2) is 4.34 Å². The Bertz CT molecular complexity index is 693. The highest BCUT2D eigenvalue weighted by Crippen LogP contribution is 2.36. The number of halogens is 2. The van der Waals surface area contributed by atoms with Crippen molar-refractivity contribution in [1.29, 1.82) is 0 Å². The summed E-state index contributed by atoms with van der Waals surface area (Å²) in [6.45, 7) is 0.611. The average Bonchev–Trinajstić information content (AvgIpc) is 2.99. The Morgan fingerprint density at radius 1 is 1.20 bits per heavy atom. The molecular weight excluding hydrogens is 426 g/mol. The Kier molecular flexibility index (Phi) is 4.49. The van der Waals surface area contributed by atoms with Crippen molar-refractivity contribution >= 4 is 55.0 Å². The van der Waals surface area contributed by atoms with Crippen molar-refractivity contribution in [2.45, 2.75) is 16.0 Å². The Balaban J connectivity index is 1.70. The third-order valence-electron chi connectivity index (χ3n) is 2.31. The lowest BCUT2D eigenvalue weighted by atomic mass is 10.2. The van der Waals surface area contributed by atoms with Gasteiger partial charge in [-0.25, -0.2) is 4.98 Å². The molecule has 0 atom stereocenters. The van der Waals surface area contributed by atoms with Crippen molar-refractivity contribution in [1.82, 2.24) is 25.2 Å². The first-order chi connectivity index (χ1) is 9.70. The molecule has 5 nitrogen and oxygen atoms in total. The van der Waals surface area contributed by atoms with Gasteiger partial charge in [-0.2, -0.15) is 4.80 Å².